The summed E-state index contributed by atoms with van der Waals surface area (Å²) in [6, 6.07) is 15.8. The molecule has 0 bridgehead atoms. The van der Waals surface area contributed by atoms with Crippen molar-refractivity contribution in [2.45, 2.75) is 20.8 Å². The number of quaternary nitrogens is 1. The van der Waals surface area contributed by atoms with Crippen molar-refractivity contribution in [3.63, 3.8) is 0 Å². The minimum atomic E-state index is -0.697. The third kappa shape index (κ3) is 5.25. The van der Waals surface area contributed by atoms with Crippen LogP contribution in [0.15, 0.2) is 63.8 Å². The van der Waals surface area contributed by atoms with Crippen LogP contribution < -0.4 is 10.7 Å². The van der Waals surface area contributed by atoms with Gasteiger partial charge in [0.25, 0.3) is 0 Å². The summed E-state index contributed by atoms with van der Waals surface area (Å²) >= 11 is 0. The fraction of sp³-hybridized carbons (Fsp3) is 0.292. The molecule has 3 rings (SSSR count). The standard InChI is InChI=1S/C17H10O3.C7H18N/c18-16-13-8-4-5-9-15(13)20-17(19)14(16)11-10-12-6-2-1-3-7-12;1-5-8(4,6-2)7-3/h1-9,18H;5-7H2,1-4H3/q;+1/p-1. The van der Waals surface area contributed by atoms with Crippen LogP contribution in [0.1, 0.15) is 31.9 Å². The zero-order valence-electron chi connectivity index (χ0n) is 17.0. The lowest BCUT2D eigenvalue weighted by Gasteiger charge is -2.30. The lowest BCUT2D eigenvalue weighted by Crippen LogP contribution is -2.42. The Morgan fingerprint density at radius 2 is 1.46 bits per heavy atom. The van der Waals surface area contributed by atoms with Gasteiger partial charge in [-0.05, 0) is 39.0 Å². The highest BCUT2D eigenvalue weighted by Crippen LogP contribution is 2.22. The van der Waals surface area contributed by atoms with Gasteiger partial charge in [0, 0.05) is 10.9 Å². The van der Waals surface area contributed by atoms with E-state index in [1.54, 1.807) is 36.4 Å². The van der Waals surface area contributed by atoms with Crippen molar-refractivity contribution < 1.29 is 14.0 Å². The molecule has 0 saturated carbocycles. The second-order valence-corrected chi connectivity index (χ2v) is 6.77. The quantitative estimate of drug-likeness (QED) is 0.397. The molecule has 0 aliphatic heterocycles. The van der Waals surface area contributed by atoms with E-state index in [9.17, 15) is 9.90 Å². The highest BCUT2D eigenvalue weighted by Gasteiger charge is 2.10. The molecule has 4 heteroatoms. The summed E-state index contributed by atoms with van der Waals surface area (Å²) in [5.41, 5.74) is 0.192. The molecular weight excluding hydrogens is 350 g/mol. The van der Waals surface area contributed by atoms with Crippen LogP contribution in [0.2, 0.25) is 0 Å². The Hall–Kier alpha value is -3.03. The van der Waals surface area contributed by atoms with E-state index in [1.165, 1.54) is 24.1 Å². The number of nitrogens with zero attached hydrogens (tertiary/aromatic N) is 1. The number of benzene rings is 2. The lowest BCUT2D eigenvalue weighted by molar-refractivity contribution is -0.904. The second-order valence-electron chi connectivity index (χ2n) is 6.77. The molecule has 0 aliphatic carbocycles. The summed E-state index contributed by atoms with van der Waals surface area (Å²) in [7, 11) is 2.29. The summed E-state index contributed by atoms with van der Waals surface area (Å²) in [6.07, 6.45) is 0. The van der Waals surface area contributed by atoms with E-state index in [4.69, 9.17) is 4.42 Å². The average Bonchev–Trinajstić information content (AvgIpc) is 2.74. The first kappa shape index (κ1) is 21.3. The Morgan fingerprint density at radius 3 is 2.04 bits per heavy atom. The number of hydrogen-bond donors (Lipinski definition) is 0. The number of para-hydroxylation sites is 1. The molecule has 0 radical (unpaired) electrons. The second kappa shape index (κ2) is 9.77. The first-order valence-electron chi connectivity index (χ1n) is 9.57. The summed E-state index contributed by atoms with van der Waals surface area (Å²) in [5, 5.41) is 12.6. The van der Waals surface area contributed by atoms with Crippen LogP contribution in [0.3, 0.4) is 0 Å². The van der Waals surface area contributed by atoms with E-state index >= 15 is 0 Å². The molecule has 0 saturated heterocycles. The molecule has 4 nitrogen and oxygen atoms in total. The Bertz CT molecular complexity index is 1010. The van der Waals surface area contributed by atoms with Crippen LogP contribution in [0.25, 0.3) is 11.0 Å². The predicted molar refractivity (Wildman–Crippen MR) is 112 cm³/mol. The maximum atomic E-state index is 12.2. The lowest BCUT2D eigenvalue weighted by atomic mass is 10.1. The Balaban J connectivity index is 0.000000300. The van der Waals surface area contributed by atoms with Gasteiger partial charge in [0.05, 0.1) is 26.7 Å². The molecule has 2 aromatic carbocycles. The first-order valence-corrected chi connectivity index (χ1v) is 9.57. The molecule has 0 unspecified atom stereocenters. The van der Waals surface area contributed by atoms with Gasteiger partial charge in [0.2, 0.25) is 0 Å². The van der Waals surface area contributed by atoms with Crippen molar-refractivity contribution in [2.75, 3.05) is 26.7 Å². The third-order valence-corrected chi connectivity index (χ3v) is 5.16. The summed E-state index contributed by atoms with van der Waals surface area (Å²) in [4.78, 5) is 11.8. The van der Waals surface area contributed by atoms with Crippen molar-refractivity contribution in [3.05, 3.63) is 76.1 Å². The van der Waals surface area contributed by atoms with E-state index in [1.807, 2.05) is 18.2 Å². The normalized spacial score (nSPS) is 10.6. The van der Waals surface area contributed by atoms with Gasteiger partial charge in [0.1, 0.15) is 11.1 Å². The Kier molecular flexibility index (Phi) is 7.43. The minimum Gasteiger partial charge on any atom is -0.871 e. The Morgan fingerprint density at radius 1 is 0.893 bits per heavy atom. The third-order valence-electron chi connectivity index (χ3n) is 5.16. The molecule has 0 spiro atoms. The zero-order chi connectivity index (χ0) is 20.6. The molecule has 0 N–H and O–H groups in total. The van der Waals surface area contributed by atoms with Gasteiger partial charge in [-0.25, -0.2) is 4.79 Å². The van der Waals surface area contributed by atoms with E-state index in [-0.39, 0.29) is 16.9 Å². The maximum Gasteiger partial charge on any atom is 0.351 e. The molecule has 3 aromatic rings. The van der Waals surface area contributed by atoms with Crippen LogP contribution >= 0.6 is 0 Å². The minimum absolute atomic E-state index is 0.132. The van der Waals surface area contributed by atoms with E-state index < -0.39 is 5.63 Å². The van der Waals surface area contributed by atoms with Crippen LogP contribution in [-0.2, 0) is 0 Å². The van der Waals surface area contributed by atoms with Gasteiger partial charge in [-0.2, -0.15) is 0 Å². The van der Waals surface area contributed by atoms with Crippen molar-refractivity contribution in [2.24, 2.45) is 0 Å². The number of hydrogen-bond acceptors (Lipinski definition) is 3. The fourth-order valence-corrected chi connectivity index (χ4v) is 2.56. The van der Waals surface area contributed by atoms with Gasteiger partial charge >= 0.3 is 5.63 Å². The van der Waals surface area contributed by atoms with Crippen molar-refractivity contribution in [1.82, 2.24) is 0 Å². The van der Waals surface area contributed by atoms with E-state index in [0.717, 1.165) is 5.56 Å². The average molecular weight is 377 g/mol. The monoisotopic (exact) mass is 377 g/mol. The predicted octanol–water partition coefficient (Wildman–Crippen LogP) is 3.76. The van der Waals surface area contributed by atoms with Gasteiger partial charge in [0.15, 0.2) is 0 Å². The summed E-state index contributed by atoms with van der Waals surface area (Å²) in [5.74, 6) is 5.03. The molecule has 0 fully saturated rings. The number of fused-ring (bicyclic) bond motifs is 1. The highest BCUT2D eigenvalue weighted by molar-refractivity contribution is 5.84. The molecule has 0 atom stereocenters. The van der Waals surface area contributed by atoms with Crippen molar-refractivity contribution in [3.8, 4) is 17.6 Å². The molecule has 28 heavy (non-hydrogen) atoms. The smallest absolute Gasteiger partial charge is 0.351 e. The zero-order valence-corrected chi connectivity index (χ0v) is 17.0. The van der Waals surface area contributed by atoms with Crippen LogP contribution in [0.5, 0.6) is 5.75 Å². The molecule has 0 aliphatic rings. The largest absolute Gasteiger partial charge is 0.871 e. The topological polar surface area (TPSA) is 53.3 Å². The summed E-state index contributed by atoms with van der Waals surface area (Å²) in [6.45, 7) is 10.5. The fourth-order valence-electron chi connectivity index (χ4n) is 2.56. The molecule has 146 valence electrons. The highest BCUT2D eigenvalue weighted by atomic mass is 16.4. The van der Waals surface area contributed by atoms with Crippen LogP contribution in [-0.4, -0.2) is 31.2 Å². The van der Waals surface area contributed by atoms with Crippen molar-refractivity contribution in [1.29, 1.82) is 0 Å². The van der Waals surface area contributed by atoms with Gasteiger partial charge in [-0.15, -0.1) is 0 Å². The Labute approximate surface area is 166 Å². The molecule has 0 amide bonds. The van der Waals surface area contributed by atoms with Crippen LogP contribution in [0, 0.1) is 11.8 Å². The number of rotatable bonds is 3. The van der Waals surface area contributed by atoms with Gasteiger partial charge in [-0.3, -0.25) is 0 Å². The SMILES string of the molecule is CC[N+](C)(CC)CC.O=c1oc2ccccc2c([O-])c1C#Cc1ccccc1. The maximum absolute atomic E-state index is 12.2. The van der Waals surface area contributed by atoms with E-state index in [2.05, 4.69) is 39.7 Å². The van der Waals surface area contributed by atoms with Gasteiger partial charge < -0.3 is 14.0 Å². The molecule has 1 aromatic heterocycles. The first-order chi connectivity index (χ1) is 13.4. The van der Waals surface area contributed by atoms with Gasteiger partial charge in [-0.1, -0.05) is 54.0 Å². The summed E-state index contributed by atoms with van der Waals surface area (Å²) < 4.78 is 6.31. The van der Waals surface area contributed by atoms with E-state index in [0.29, 0.717) is 5.39 Å². The molecular formula is C24H27NO3. The molecule has 1 heterocycles. The van der Waals surface area contributed by atoms with Crippen LogP contribution in [0.4, 0.5) is 0 Å². The van der Waals surface area contributed by atoms with Crippen molar-refractivity contribution >= 4 is 11.0 Å².